The monoisotopic (exact) mass is 336 g/mol. The molecule has 0 spiro atoms. The Hall–Kier alpha value is -2.19. The minimum absolute atomic E-state index is 0.0767. The van der Waals surface area contributed by atoms with Crippen LogP contribution in [0, 0.1) is 12.3 Å². The van der Waals surface area contributed by atoms with Gasteiger partial charge in [0.25, 0.3) is 0 Å². The standard InChI is InChI=1S/C20H24N4O/c1-2-3-11-20(22-23-20)12-10-19(25)21-18-14-24(16-8-9-16)13-15-6-4-5-7-17(15)18/h1,4-7,16,18H,3,8-14H2,(H,21,25). The van der Waals surface area contributed by atoms with E-state index in [1.54, 1.807) is 0 Å². The lowest BCUT2D eigenvalue weighted by Gasteiger charge is -2.35. The molecule has 1 unspecified atom stereocenters. The highest BCUT2D eigenvalue weighted by Gasteiger charge is 2.40. The Morgan fingerprint density at radius 2 is 2.12 bits per heavy atom. The van der Waals surface area contributed by atoms with Gasteiger partial charge in [0.05, 0.1) is 6.04 Å². The van der Waals surface area contributed by atoms with Crippen molar-refractivity contribution in [1.29, 1.82) is 0 Å². The number of hydrogen-bond donors (Lipinski definition) is 1. The van der Waals surface area contributed by atoms with E-state index >= 15 is 0 Å². The summed E-state index contributed by atoms with van der Waals surface area (Å²) < 4.78 is 0. The van der Waals surface area contributed by atoms with Gasteiger partial charge in [-0.05, 0) is 24.0 Å². The first-order valence-electron chi connectivity index (χ1n) is 9.18. The summed E-state index contributed by atoms with van der Waals surface area (Å²) in [4.78, 5) is 15.0. The Labute approximate surface area is 148 Å². The Balaban J connectivity index is 1.36. The molecule has 5 heteroatoms. The average molecular weight is 336 g/mol. The second kappa shape index (κ2) is 6.61. The van der Waals surface area contributed by atoms with Gasteiger partial charge in [0.2, 0.25) is 5.91 Å². The van der Waals surface area contributed by atoms with Crippen LogP contribution in [0.1, 0.15) is 55.7 Å². The molecule has 1 saturated carbocycles. The van der Waals surface area contributed by atoms with E-state index in [4.69, 9.17) is 6.42 Å². The minimum atomic E-state index is -0.381. The Bertz CT molecular complexity index is 725. The smallest absolute Gasteiger partial charge is 0.220 e. The van der Waals surface area contributed by atoms with Gasteiger partial charge in [0.15, 0.2) is 5.66 Å². The summed E-state index contributed by atoms with van der Waals surface area (Å²) in [6.07, 6.45) is 10.4. The van der Waals surface area contributed by atoms with Gasteiger partial charge in [0, 0.05) is 44.8 Å². The summed E-state index contributed by atoms with van der Waals surface area (Å²) in [6, 6.07) is 9.24. The first-order valence-corrected chi connectivity index (χ1v) is 9.18. The van der Waals surface area contributed by atoms with Crippen molar-refractivity contribution in [2.75, 3.05) is 6.54 Å². The number of carbonyl (C=O) groups is 1. The highest BCUT2D eigenvalue weighted by Crippen LogP contribution is 2.38. The van der Waals surface area contributed by atoms with Gasteiger partial charge >= 0.3 is 0 Å². The number of amides is 1. The summed E-state index contributed by atoms with van der Waals surface area (Å²) in [5, 5.41) is 11.5. The summed E-state index contributed by atoms with van der Waals surface area (Å²) >= 11 is 0. The third-order valence-electron chi connectivity index (χ3n) is 5.42. The second-order valence-corrected chi connectivity index (χ2v) is 7.37. The van der Waals surface area contributed by atoms with Crippen molar-refractivity contribution in [3.63, 3.8) is 0 Å². The molecule has 1 N–H and O–H groups in total. The van der Waals surface area contributed by atoms with E-state index in [0.717, 1.165) is 19.5 Å². The zero-order valence-corrected chi connectivity index (χ0v) is 14.4. The van der Waals surface area contributed by atoms with E-state index < -0.39 is 0 Å². The zero-order chi connectivity index (χ0) is 17.3. The summed E-state index contributed by atoms with van der Waals surface area (Å²) in [5.74, 6) is 2.70. The third-order valence-corrected chi connectivity index (χ3v) is 5.42. The number of hydrogen-bond acceptors (Lipinski definition) is 4. The van der Waals surface area contributed by atoms with Gasteiger partial charge < -0.3 is 5.32 Å². The van der Waals surface area contributed by atoms with E-state index in [2.05, 4.69) is 50.6 Å². The highest BCUT2D eigenvalue weighted by atomic mass is 16.1. The SMILES string of the molecule is C#CCCC1(CCC(=O)NC2CN(C3CC3)Cc3ccccc32)N=N1. The molecule has 1 aliphatic carbocycles. The topological polar surface area (TPSA) is 57.1 Å². The molecule has 2 aliphatic heterocycles. The fraction of sp³-hybridized carbons (Fsp3) is 0.550. The van der Waals surface area contributed by atoms with Crippen molar-refractivity contribution < 1.29 is 4.79 Å². The number of rotatable bonds is 7. The molecule has 4 rings (SSSR count). The molecule has 130 valence electrons. The quantitative estimate of drug-likeness (QED) is 0.778. The van der Waals surface area contributed by atoms with Crippen molar-refractivity contribution >= 4 is 5.91 Å². The maximum atomic E-state index is 12.5. The predicted molar refractivity (Wildman–Crippen MR) is 95.6 cm³/mol. The number of terminal acetylenes is 1. The molecule has 5 nitrogen and oxygen atoms in total. The lowest BCUT2D eigenvalue weighted by atomic mass is 9.94. The fourth-order valence-corrected chi connectivity index (χ4v) is 3.72. The van der Waals surface area contributed by atoms with Gasteiger partial charge in [-0.2, -0.15) is 10.2 Å². The van der Waals surface area contributed by atoms with Gasteiger partial charge in [-0.3, -0.25) is 9.69 Å². The number of nitrogens with zero attached hydrogens (tertiary/aromatic N) is 3. The lowest BCUT2D eigenvalue weighted by Crippen LogP contribution is -2.42. The Kier molecular flexibility index (Phi) is 4.30. The summed E-state index contributed by atoms with van der Waals surface area (Å²) in [5.41, 5.74) is 2.22. The maximum Gasteiger partial charge on any atom is 0.220 e. The molecule has 1 atom stereocenters. The van der Waals surface area contributed by atoms with Gasteiger partial charge in [-0.25, -0.2) is 0 Å². The summed E-state index contributed by atoms with van der Waals surface area (Å²) in [7, 11) is 0. The van der Waals surface area contributed by atoms with E-state index in [9.17, 15) is 4.79 Å². The maximum absolute atomic E-state index is 12.5. The van der Waals surface area contributed by atoms with E-state index in [-0.39, 0.29) is 17.6 Å². The summed E-state index contributed by atoms with van der Waals surface area (Å²) in [6.45, 7) is 1.91. The largest absolute Gasteiger partial charge is 0.348 e. The van der Waals surface area contributed by atoms with Crippen LogP contribution in [0.15, 0.2) is 34.5 Å². The van der Waals surface area contributed by atoms with E-state index in [1.165, 1.54) is 24.0 Å². The molecule has 1 amide bonds. The van der Waals surface area contributed by atoms with Gasteiger partial charge in [-0.1, -0.05) is 24.3 Å². The molecule has 3 aliphatic rings. The molecule has 0 aromatic heterocycles. The van der Waals surface area contributed by atoms with Crippen LogP contribution in [0.25, 0.3) is 0 Å². The number of carbonyl (C=O) groups excluding carboxylic acids is 1. The Morgan fingerprint density at radius 1 is 1.32 bits per heavy atom. The van der Waals surface area contributed by atoms with Crippen LogP contribution in [0.3, 0.4) is 0 Å². The molecule has 1 fully saturated rings. The van der Waals surface area contributed by atoms with Gasteiger partial charge in [-0.15, -0.1) is 12.3 Å². The molecule has 0 bridgehead atoms. The van der Waals surface area contributed by atoms with Crippen molar-refractivity contribution in [2.24, 2.45) is 10.2 Å². The van der Waals surface area contributed by atoms with Crippen LogP contribution >= 0.6 is 0 Å². The van der Waals surface area contributed by atoms with Crippen molar-refractivity contribution in [2.45, 2.75) is 62.8 Å². The fourth-order valence-electron chi connectivity index (χ4n) is 3.72. The number of benzene rings is 1. The first-order chi connectivity index (χ1) is 12.2. The van der Waals surface area contributed by atoms with Crippen molar-refractivity contribution in [3.8, 4) is 12.3 Å². The van der Waals surface area contributed by atoms with Crippen LogP contribution in [0.4, 0.5) is 0 Å². The van der Waals surface area contributed by atoms with Crippen LogP contribution < -0.4 is 5.32 Å². The molecular formula is C20H24N4O. The minimum Gasteiger partial charge on any atom is -0.348 e. The molecule has 2 heterocycles. The van der Waals surface area contributed by atoms with E-state index in [1.807, 2.05) is 0 Å². The molecule has 1 aromatic rings. The number of nitrogens with one attached hydrogen (secondary N) is 1. The third kappa shape index (κ3) is 3.74. The molecular weight excluding hydrogens is 312 g/mol. The lowest BCUT2D eigenvalue weighted by molar-refractivity contribution is -0.122. The van der Waals surface area contributed by atoms with Crippen molar-refractivity contribution in [1.82, 2.24) is 10.2 Å². The van der Waals surface area contributed by atoms with Crippen LogP contribution in [0.2, 0.25) is 0 Å². The molecule has 0 saturated heterocycles. The first kappa shape index (κ1) is 16.3. The Morgan fingerprint density at radius 3 is 2.84 bits per heavy atom. The zero-order valence-electron chi connectivity index (χ0n) is 14.4. The van der Waals surface area contributed by atoms with Gasteiger partial charge in [0.1, 0.15) is 0 Å². The van der Waals surface area contributed by atoms with Crippen LogP contribution in [-0.4, -0.2) is 29.1 Å². The van der Waals surface area contributed by atoms with E-state index in [0.29, 0.717) is 25.3 Å². The average Bonchev–Trinajstić information content (AvgIpc) is 3.54. The molecule has 25 heavy (non-hydrogen) atoms. The van der Waals surface area contributed by atoms with Crippen molar-refractivity contribution in [3.05, 3.63) is 35.4 Å². The van der Waals surface area contributed by atoms with Crippen LogP contribution in [-0.2, 0) is 11.3 Å². The highest BCUT2D eigenvalue weighted by molar-refractivity contribution is 5.76. The predicted octanol–water partition coefficient (Wildman–Crippen LogP) is 3.18. The van der Waals surface area contributed by atoms with Crippen LogP contribution in [0.5, 0.6) is 0 Å². The number of fused-ring (bicyclic) bond motifs is 1. The second-order valence-electron chi connectivity index (χ2n) is 7.37. The normalized spacial score (nSPS) is 23.6. The molecule has 1 aromatic carbocycles. The molecule has 0 radical (unpaired) electrons.